The van der Waals surface area contributed by atoms with Crippen molar-refractivity contribution in [1.82, 2.24) is 4.98 Å². The summed E-state index contributed by atoms with van der Waals surface area (Å²) < 4.78 is 28.7. The monoisotopic (exact) mass is 566 g/mol. The van der Waals surface area contributed by atoms with Crippen molar-refractivity contribution in [2.24, 2.45) is 5.92 Å². The molecule has 2 heterocycles. The van der Waals surface area contributed by atoms with Crippen molar-refractivity contribution in [3.05, 3.63) is 86.5 Å². The Kier molecular flexibility index (Phi) is 8.27. The normalized spacial score (nSPS) is 16.5. The molecule has 0 radical (unpaired) electrons. The fourth-order valence-corrected chi connectivity index (χ4v) is 6.78. The lowest BCUT2D eigenvalue weighted by molar-refractivity contribution is 0.0992. The van der Waals surface area contributed by atoms with Gasteiger partial charge in [0.05, 0.1) is 38.7 Å². The van der Waals surface area contributed by atoms with Crippen molar-refractivity contribution < 1.29 is 18.3 Å². The van der Waals surface area contributed by atoms with E-state index in [1.54, 1.807) is 43.3 Å². The lowest BCUT2D eigenvalue weighted by Crippen LogP contribution is -2.41. The number of hydrogen-bond acceptors (Lipinski definition) is 5. The van der Waals surface area contributed by atoms with Crippen LogP contribution in [0.15, 0.2) is 59.5 Å². The number of carbonyl (C=O) groups excluding carboxylic acids is 1. The molecule has 0 bridgehead atoms. The maximum atomic E-state index is 13.7. The number of halogens is 3. The first-order valence-corrected chi connectivity index (χ1v) is 14.1. The summed E-state index contributed by atoms with van der Waals surface area (Å²) in [5, 5.41) is 10.6. The van der Waals surface area contributed by atoms with Crippen LogP contribution in [0.3, 0.4) is 0 Å². The fraction of sp³-hybridized carbons (Fsp3) is 0.308. The number of sulfonamides is 1. The molecular weight excluding hydrogens is 543 g/mol. The molecule has 0 aliphatic carbocycles. The highest BCUT2D eigenvalue weighted by atomic mass is 35.5. The number of rotatable bonds is 8. The number of aliphatic hydroxyl groups excluding tert-OH is 1. The van der Waals surface area contributed by atoms with Gasteiger partial charge in [-0.1, -0.05) is 53.0 Å². The Labute approximate surface area is 225 Å². The predicted octanol–water partition coefficient (Wildman–Crippen LogP) is 6.00. The maximum Gasteiger partial charge on any atom is 0.265 e. The summed E-state index contributed by atoms with van der Waals surface area (Å²) in [5.74, 6) is -0.0241. The Bertz CT molecular complexity index is 1380. The SMILES string of the molecule is C[C@@H](O)CC[C@@H]1Cc2ccc(CC(=O)c3c(Cl)cccc3Cl)nc2N(S(=O)(=O)c2cccc(Cl)c2)C1. The average Bonchev–Trinajstić information content (AvgIpc) is 2.82. The molecule has 10 heteroatoms. The highest BCUT2D eigenvalue weighted by Crippen LogP contribution is 2.35. The molecule has 0 fully saturated rings. The van der Waals surface area contributed by atoms with Crippen molar-refractivity contribution in [3.63, 3.8) is 0 Å². The molecule has 4 rings (SSSR count). The van der Waals surface area contributed by atoms with Gasteiger partial charge in [-0.2, -0.15) is 0 Å². The molecule has 1 aromatic heterocycles. The Balaban J connectivity index is 1.71. The molecule has 1 aliphatic rings. The summed E-state index contributed by atoms with van der Waals surface area (Å²) in [7, 11) is -3.98. The van der Waals surface area contributed by atoms with Crippen molar-refractivity contribution in [2.45, 2.75) is 43.6 Å². The van der Waals surface area contributed by atoms with Gasteiger partial charge >= 0.3 is 0 Å². The van der Waals surface area contributed by atoms with E-state index in [4.69, 9.17) is 34.8 Å². The second-order valence-corrected chi connectivity index (χ2v) is 12.1. The lowest BCUT2D eigenvalue weighted by atomic mass is 9.91. The van der Waals surface area contributed by atoms with Crippen LogP contribution in [0.25, 0.3) is 0 Å². The molecule has 0 amide bonds. The minimum absolute atomic E-state index is 0.00252. The summed E-state index contributed by atoms with van der Waals surface area (Å²) in [5.41, 5.74) is 1.37. The molecule has 190 valence electrons. The van der Waals surface area contributed by atoms with E-state index in [1.165, 1.54) is 16.4 Å². The largest absolute Gasteiger partial charge is 0.393 e. The van der Waals surface area contributed by atoms with E-state index in [0.29, 0.717) is 35.8 Å². The van der Waals surface area contributed by atoms with Crippen LogP contribution in [0.1, 0.15) is 41.4 Å². The molecule has 36 heavy (non-hydrogen) atoms. The zero-order valence-corrected chi connectivity index (χ0v) is 22.6. The number of Topliss-reactive ketones (excluding diaryl/α,β-unsaturated/α-hetero) is 1. The first-order chi connectivity index (χ1) is 17.1. The molecule has 0 spiro atoms. The van der Waals surface area contributed by atoms with Gasteiger partial charge in [0.25, 0.3) is 10.0 Å². The van der Waals surface area contributed by atoms with Gasteiger partial charge in [-0.15, -0.1) is 0 Å². The van der Waals surface area contributed by atoms with Crippen LogP contribution in [-0.2, 0) is 22.9 Å². The molecule has 2 aromatic carbocycles. The number of hydrogen-bond donors (Lipinski definition) is 1. The number of ketones is 1. The van der Waals surface area contributed by atoms with Gasteiger partial charge in [0.1, 0.15) is 5.82 Å². The number of pyridine rings is 1. The number of aromatic nitrogens is 1. The molecule has 2 atom stereocenters. The minimum atomic E-state index is -3.98. The van der Waals surface area contributed by atoms with Crippen molar-refractivity contribution in [1.29, 1.82) is 0 Å². The van der Waals surface area contributed by atoms with Crippen LogP contribution in [0.2, 0.25) is 15.1 Å². The van der Waals surface area contributed by atoms with Gasteiger partial charge in [-0.25, -0.2) is 17.7 Å². The number of anilines is 1. The molecule has 0 saturated carbocycles. The second-order valence-electron chi connectivity index (χ2n) is 8.97. The fourth-order valence-electron chi connectivity index (χ4n) is 4.34. The van der Waals surface area contributed by atoms with Gasteiger partial charge < -0.3 is 5.11 Å². The van der Waals surface area contributed by atoms with Gasteiger partial charge in [0.15, 0.2) is 5.78 Å². The van der Waals surface area contributed by atoms with Crippen LogP contribution in [0.5, 0.6) is 0 Å². The zero-order chi connectivity index (χ0) is 26.0. The Hall–Kier alpha value is -2.16. The van der Waals surface area contributed by atoms with Gasteiger partial charge in [-0.05, 0) is 74.1 Å². The quantitative estimate of drug-likeness (QED) is 0.338. The topological polar surface area (TPSA) is 87.6 Å². The van der Waals surface area contributed by atoms with E-state index < -0.39 is 16.1 Å². The van der Waals surface area contributed by atoms with E-state index in [0.717, 1.165) is 5.56 Å². The number of nitrogens with zero attached hydrogens (tertiary/aromatic N) is 2. The summed E-state index contributed by atoms with van der Waals surface area (Å²) in [6.45, 7) is 1.92. The summed E-state index contributed by atoms with van der Waals surface area (Å²) in [4.78, 5) is 17.7. The van der Waals surface area contributed by atoms with Gasteiger partial charge in [0, 0.05) is 11.6 Å². The Morgan fingerprint density at radius 1 is 1.11 bits per heavy atom. The molecule has 3 aromatic rings. The summed E-state index contributed by atoms with van der Waals surface area (Å²) in [6.07, 6.45) is 1.26. The Morgan fingerprint density at radius 3 is 2.47 bits per heavy atom. The molecule has 6 nitrogen and oxygen atoms in total. The summed E-state index contributed by atoms with van der Waals surface area (Å²) >= 11 is 18.5. The average molecular weight is 568 g/mol. The van der Waals surface area contributed by atoms with Crippen LogP contribution < -0.4 is 4.31 Å². The zero-order valence-electron chi connectivity index (χ0n) is 19.5. The standard InChI is InChI=1S/C26H25Cl3N2O4S/c1-16(32)8-9-17-12-18-10-11-20(14-24(33)25-22(28)6-3-7-23(25)29)30-26(18)31(15-17)36(34,35)21-5-2-4-19(27)13-21/h2-7,10-11,13,16-17,32H,8-9,12,14-15H2,1H3/t16-,17-/m1/s1. The van der Waals surface area contributed by atoms with E-state index in [-0.39, 0.29) is 45.2 Å². The smallest absolute Gasteiger partial charge is 0.265 e. The third-order valence-electron chi connectivity index (χ3n) is 6.14. The highest BCUT2D eigenvalue weighted by molar-refractivity contribution is 7.92. The lowest BCUT2D eigenvalue weighted by Gasteiger charge is -2.35. The van der Waals surface area contributed by atoms with Crippen molar-refractivity contribution >= 4 is 56.4 Å². The molecule has 0 unspecified atom stereocenters. The van der Waals surface area contributed by atoms with Gasteiger partial charge in [0.2, 0.25) is 0 Å². The van der Waals surface area contributed by atoms with Crippen LogP contribution in [0.4, 0.5) is 5.82 Å². The predicted molar refractivity (Wildman–Crippen MR) is 143 cm³/mol. The van der Waals surface area contributed by atoms with E-state index in [1.807, 2.05) is 6.07 Å². The first kappa shape index (κ1) is 26.9. The third kappa shape index (κ3) is 5.87. The van der Waals surface area contributed by atoms with E-state index in [9.17, 15) is 18.3 Å². The van der Waals surface area contributed by atoms with Gasteiger partial charge in [-0.3, -0.25) is 4.79 Å². The third-order valence-corrected chi connectivity index (χ3v) is 8.76. The van der Waals surface area contributed by atoms with Crippen LogP contribution in [0, 0.1) is 5.92 Å². The van der Waals surface area contributed by atoms with Crippen molar-refractivity contribution in [2.75, 3.05) is 10.8 Å². The Morgan fingerprint density at radius 2 is 1.81 bits per heavy atom. The molecule has 1 aliphatic heterocycles. The minimum Gasteiger partial charge on any atom is -0.393 e. The maximum absolute atomic E-state index is 13.7. The molecular formula is C26H25Cl3N2O4S. The van der Waals surface area contributed by atoms with E-state index >= 15 is 0 Å². The highest BCUT2D eigenvalue weighted by Gasteiger charge is 2.35. The number of benzene rings is 2. The second kappa shape index (κ2) is 11.1. The molecule has 1 N–H and O–H groups in total. The first-order valence-electron chi connectivity index (χ1n) is 11.5. The van der Waals surface area contributed by atoms with Crippen LogP contribution in [-0.4, -0.2) is 36.9 Å². The number of aliphatic hydroxyl groups is 1. The number of fused-ring (bicyclic) bond motifs is 1. The van der Waals surface area contributed by atoms with Crippen LogP contribution >= 0.6 is 34.8 Å². The molecule has 0 saturated heterocycles. The number of carbonyl (C=O) groups is 1. The van der Waals surface area contributed by atoms with Crippen molar-refractivity contribution in [3.8, 4) is 0 Å². The van der Waals surface area contributed by atoms with E-state index in [2.05, 4.69) is 4.98 Å². The summed E-state index contributed by atoms with van der Waals surface area (Å²) in [6, 6.07) is 14.5.